The van der Waals surface area contributed by atoms with Gasteiger partial charge in [-0.1, -0.05) is 158 Å². The predicted octanol–water partition coefficient (Wildman–Crippen LogP) is 13.7. The van der Waals surface area contributed by atoms with E-state index in [0.29, 0.717) is 0 Å². The van der Waals surface area contributed by atoms with E-state index in [4.69, 9.17) is 0 Å². The summed E-state index contributed by atoms with van der Waals surface area (Å²) < 4.78 is 2.68. The lowest BCUT2D eigenvalue weighted by molar-refractivity contribution is 1.67. The summed E-state index contributed by atoms with van der Waals surface area (Å²) >= 11 is 1.94. The van der Waals surface area contributed by atoms with Gasteiger partial charge in [0.1, 0.15) is 0 Å². The van der Waals surface area contributed by atoms with E-state index < -0.39 is 0 Å². The minimum atomic E-state index is 1.25. The molecule has 0 radical (unpaired) electrons. The number of hydrogen-bond acceptors (Lipinski definition) is 1. The molecule has 0 fully saturated rings. The van der Waals surface area contributed by atoms with E-state index in [0.717, 1.165) is 0 Å². The van der Waals surface area contributed by atoms with E-state index in [1.807, 2.05) is 11.3 Å². The molecule has 218 valence electrons. The van der Waals surface area contributed by atoms with E-state index in [2.05, 4.69) is 170 Å². The molecule has 1 heteroatoms. The van der Waals surface area contributed by atoms with Gasteiger partial charge in [0.25, 0.3) is 0 Å². The topological polar surface area (TPSA) is 0 Å². The van der Waals surface area contributed by atoms with Crippen LogP contribution in [0.1, 0.15) is 0 Å². The summed E-state index contributed by atoms with van der Waals surface area (Å²) in [5.41, 5.74) is 7.74. The van der Waals surface area contributed by atoms with E-state index in [9.17, 15) is 0 Å². The third kappa shape index (κ3) is 4.00. The molecule has 0 nitrogen and oxygen atoms in total. The van der Waals surface area contributed by atoms with E-state index in [1.165, 1.54) is 96.6 Å². The first-order valence-corrected chi connectivity index (χ1v) is 17.0. The fourth-order valence-corrected chi connectivity index (χ4v) is 9.14. The second-order valence-corrected chi connectivity index (χ2v) is 13.4. The Labute approximate surface area is 276 Å². The highest BCUT2D eigenvalue weighted by Gasteiger charge is 2.21. The lowest BCUT2D eigenvalue weighted by Gasteiger charge is -2.18. The molecule has 47 heavy (non-hydrogen) atoms. The van der Waals surface area contributed by atoms with Crippen LogP contribution in [0.15, 0.2) is 170 Å². The van der Waals surface area contributed by atoms with Crippen molar-refractivity contribution < 1.29 is 0 Å². The molecule has 0 amide bonds. The molecule has 10 rings (SSSR count). The summed E-state index contributed by atoms with van der Waals surface area (Å²) in [6.45, 7) is 0. The number of fused-ring (bicyclic) bond motifs is 7. The van der Waals surface area contributed by atoms with Gasteiger partial charge in [-0.25, -0.2) is 0 Å². The molecule has 0 bridgehead atoms. The fourth-order valence-electron chi connectivity index (χ4n) is 7.76. The van der Waals surface area contributed by atoms with Crippen LogP contribution in [-0.2, 0) is 0 Å². The average molecular weight is 613 g/mol. The summed E-state index contributed by atoms with van der Waals surface area (Å²) in [5.74, 6) is 0. The number of rotatable bonds is 3. The van der Waals surface area contributed by atoms with Crippen molar-refractivity contribution in [2.75, 3.05) is 0 Å². The van der Waals surface area contributed by atoms with Gasteiger partial charge in [0.15, 0.2) is 0 Å². The fraction of sp³-hybridized carbons (Fsp3) is 0. The lowest BCUT2D eigenvalue weighted by Crippen LogP contribution is -1.90. The van der Waals surface area contributed by atoms with Crippen LogP contribution in [0.5, 0.6) is 0 Å². The third-order valence-corrected chi connectivity index (χ3v) is 11.1. The largest absolute Gasteiger partial charge is 0.134 e. The Morgan fingerprint density at radius 3 is 1.57 bits per heavy atom. The zero-order chi connectivity index (χ0) is 30.9. The zero-order valence-electron chi connectivity index (χ0n) is 25.6. The van der Waals surface area contributed by atoms with Crippen LogP contribution in [0.4, 0.5) is 0 Å². The summed E-state index contributed by atoms with van der Waals surface area (Å²) in [7, 11) is 0. The number of hydrogen-bond donors (Lipinski definition) is 0. The minimum absolute atomic E-state index is 1.25. The molecule has 0 aliphatic carbocycles. The first kappa shape index (κ1) is 26.5. The van der Waals surface area contributed by atoms with E-state index >= 15 is 0 Å². The Bertz CT molecular complexity index is 2780. The molecular formula is C46H28S. The molecule has 0 aliphatic heterocycles. The monoisotopic (exact) mass is 612 g/mol. The van der Waals surface area contributed by atoms with Crippen molar-refractivity contribution in [3.63, 3.8) is 0 Å². The van der Waals surface area contributed by atoms with Crippen LogP contribution >= 0.6 is 11.3 Å². The maximum absolute atomic E-state index is 2.41. The van der Waals surface area contributed by atoms with Crippen LogP contribution in [-0.4, -0.2) is 0 Å². The Kier molecular flexibility index (Phi) is 5.85. The van der Waals surface area contributed by atoms with Crippen molar-refractivity contribution >= 4 is 74.6 Å². The van der Waals surface area contributed by atoms with Gasteiger partial charge in [-0.05, 0) is 77.5 Å². The molecular weight excluding hydrogens is 585 g/mol. The Hall–Kier alpha value is -5.76. The SMILES string of the molecule is c1ccc(-c2c3ccccc3c(-c3cccc4c3sc3c(-c5ccc6ccccc6c5)c5ccccc5cc34)c3ccccc23)cc1. The van der Waals surface area contributed by atoms with Crippen LogP contribution in [0.25, 0.3) is 96.6 Å². The first-order valence-electron chi connectivity index (χ1n) is 16.2. The van der Waals surface area contributed by atoms with Crippen molar-refractivity contribution in [1.82, 2.24) is 0 Å². The van der Waals surface area contributed by atoms with Crippen LogP contribution in [0.3, 0.4) is 0 Å². The normalized spacial score (nSPS) is 11.8. The van der Waals surface area contributed by atoms with Crippen molar-refractivity contribution in [1.29, 1.82) is 0 Å². The second kappa shape index (κ2) is 10.4. The van der Waals surface area contributed by atoms with Gasteiger partial charge in [-0.2, -0.15) is 0 Å². The highest BCUT2D eigenvalue weighted by Crippen LogP contribution is 2.50. The highest BCUT2D eigenvalue weighted by molar-refractivity contribution is 7.27. The smallest absolute Gasteiger partial charge is 0.0440 e. The Morgan fingerprint density at radius 2 is 0.851 bits per heavy atom. The van der Waals surface area contributed by atoms with E-state index in [1.54, 1.807) is 0 Å². The van der Waals surface area contributed by atoms with Gasteiger partial charge in [-0.3, -0.25) is 0 Å². The minimum Gasteiger partial charge on any atom is -0.134 e. The maximum Gasteiger partial charge on any atom is 0.0440 e. The summed E-state index contributed by atoms with van der Waals surface area (Å²) in [6, 6.07) is 62.6. The summed E-state index contributed by atoms with van der Waals surface area (Å²) in [6.07, 6.45) is 0. The van der Waals surface area contributed by atoms with E-state index in [-0.39, 0.29) is 0 Å². The molecule has 1 aromatic heterocycles. The molecule has 0 spiro atoms. The Morgan fingerprint density at radius 1 is 0.277 bits per heavy atom. The van der Waals surface area contributed by atoms with Gasteiger partial charge in [0.05, 0.1) is 0 Å². The lowest BCUT2D eigenvalue weighted by atomic mass is 9.85. The van der Waals surface area contributed by atoms with Crippen molar-refractivity contribution in [3.8, 4) is 33.4 Å². The van der Waals surface area contributed by atoms with Crippen LogP contribution in [0.2, 0.25) is 0 Å². The second-order valence-electron chi connectivity index (χ2n) is 12.4. The van der Waals surface area contributed by atoms with Crippen LogP contribution in [0, 0.1) is 0 Å². The molecule has 0 N–H and O–H groups in total. The molecule has 0 saturated heterocycles. The number of benzene rings is 9. The quantitative estimate of drug-likeness (QED) is 0.174. The predicted molar refractivity (Wildman–Crippen MR) is 206 cm³/mol. The first-order chi connectivity index (χ1) is 23.3. The van der Waals surface area contributed by atoms with Crippen molar-refractivity contribution in [2.45, 2.75) is 0 Å². The summed E-state index contributed by atoms with van der Waals surface area (Å²) in [4.78, 5) is 0. The molecule has 0 saturated carbocycles. The molecule has 9 aromatic carbocycles. The van der Waals surface area contributed by atoms with Gasteiger partial charge in [0, 0.05) is 31.3 Å². The van der Waals surface area contributed by atoms with Crippen LogP contribution < -0.4 is 0 Å². The zero-order valence-corrected chi connectivity index (χ0v) is 26.4. The van der Waals surface area contributed by atoms with Gasteiger partial charge in [-0.15, -0.1) is 11.3 Å². The van der Waals surface area contributed by atoms with Gasteiger partial charge < -0.3 is 0 Å². The van der Waals surface area contributed by atoms with Gasteiger partial charge in [0.2, 0.25) is 0 Å². The summed E-state index contributed by atoms with van der Waals surface area (Å²) in [5, 5.41) is 12.9. The number of thiophene rings is 1. The van der Waals surface area contributed by atoms with Crippen molar-refractivity contribution in [2.24, 2.45) is 0 Å². The third-order valence-electron chi connectivity index (χ3n) is 9.81. The molecule has 1 heterocycles. The molecule has 0 aliphatic rings. The maximum atomic E-state index is 2.41. The van der Waals surface area contributed by atoms with Crippen molar-refractivity contribution in [3.05, 3.63) is 170 Å². The molecule has 0 atom stereocenters. The van der Waals surface area contributed by atoms with Gasteiger partial charge >= 0.3 is 0 Å². The average Bonchev–Trinajstić information content (AvgIpc) is 3.51. The standard InChI is InChI=1S/C46H28S/c1-2-14-30(15-3-1)42-35-19-8-10-21-37(35)44(38-22-11-9-20-36(38)42)40-24-12-23-39-41-28-32-17-6-7-18-34(32)43(46(41)47-45(39)40)33-26-25-29-13-4-5-16-31(29)27-33/h1-28H. The molecule has 0 unspecified atom stereocenters. The Balaban J connectivity index is 1.34. The highest BCUT2D eigenvalue weighted by atomic mass is 32.1. The molecule has 10 aromatic rings.